The molecule has 7 heteroatoms. The number of aromatic nitrogens is 2. The van der Waals surface area contributed by atoms with E-state index in [0.717, 1.165) is 42.2 Å². The number of piperidine rings is 1. The van der Waals surface area contributed by atoms with Crippen LogP contribution in [0.25, 0.3) is 16.9 Å². The average Bonchev–Trinajstić information content (AvgIpc) is 3.29. The molecule has 1 aromatic heterocycles. The Morgan fingerprint density at radius 1 is 1.00 bits per heavy atom. The monoisotopic (exact) mass is 461 g/mol. The standard InChI is InChI=1S/C27H31N3O4/c1-5-34-27(32)24-15-25(20-8-12-23(33-4)13-9-20)30(28-24)22-10-6-21(7-11-22)26(31)29-16-18(2)14-19(3)17-29/h6-13,15,18-19H,5,14,16-17H2,1-4H3. The molecule has 2 unspecified atom stereocenters. The third kappa shape index (κ3) is 4.98. The number of carbonyl (C=O) groups is 2. The maximum atomic E-state index is 13.1. The summed E-state index contributed by atoms with van der Waals surface area (Å²) in [7, 11) is 1.62. The van der Waals surface area contributed by atoms with Gasteiger partial charge in [0.25, 0.3) is 5.91 Å². The van der Waals surface area contributed by atoms with E-state index < -0.39 is 5.97 Å². The maximum Gasteiger partial charge on any atom is 0.358 e. The number of amides is 1. The van der Waals surface area contributed by atoms with Crippen molar-refractivity contribution >= 4 is 11.9 Å². The van der Waals surface area contributed by atoms with Gasteiger partial charge in [0, 0.05) is 24.2 Å². The third-order valence-electron chi connectivity index (χ3n) is 6.09. The van der Waals surface area contributed by atoms with E-state index in [1.807, 2.05) is 53.4 Å². The number of esters is 1. The van der Waals surface area contributed by atoms with E-state index >= 15 is 0 Å². The van der Waals surface area contributed by atoms with E-state index in [4.69, 9.17) is 9.47 Å². The summed E-state index contributed by atoms with van der Waals surface area (Å²) >= 11 is 0. The molecule has 0 N–H and O–H groups in total. The molecule has 1 aliphatic rings. The van der Waals surface area contributed by atoms with Crippen molar-refractivity contribution in [2.24, 2.45) is 11.8 Å². The fourth-order valence-corrected chi connectivity index (χ4v) is 4.61. The fraction of sp³-hybridized carbons (Fsp3) is 0.370. The first-order valence-corrected chi connectivity index (χ1v) is 11.7. The van der Waals surface area contributed by atoms with Gasteiger partial charge in [0.2, 0.25) is 0 Å². The van der Waals surface area contributed by atoms with Crippen LogP contribution in [0.4, 0.5) is 0 Å². The molecule has 1 amide bonds. The van der Waals surface area contributed by atoms with Gasteiger partial charge in [-0.15, -0.1) is 0 Å². The lowest BCUT2D eigenvalue weighted by molar-refractivity contribution is 0.0518. The minimum Gasteiger partial charge on any atom is -0.497 e. The normalized spacial score (nSPS) is 17.9. The molecule has 2 heterocycles. The van der Waals surface area contributed by atoms with Crippen LogP contribution in [0.15, 0.2) is 54.6 Å². The summed E-state index contributed by atoms with van der Waals surface area (Å²) in [6.45, 7) is 7.99. The highest BCUT2D eigenvalue weighted by Gasteiger charge is 2.26. The van der Waals surface area contributed by atoms with Crippen molar-refractivity contribution in [2.45, 2.75) is 27.2 Å². The molecule has 2 atom stereocenters. The number of hydrogen-bond acceptors (Lipinski definition) is 5. The molecule has 0 aliphatic carbocycles. The number of ether oxygens (including phenoxy) is 2. The Hall–Kier alpha value is -3.61. The zero-order valence-electron chi connectivity index (χ0n) is 20.2. The van der Waals surface area contributed by atoms with Gasteiger partial charge < -0.3 is 14.4 Å². The van der Waals surface area contributed by atoms with E-state index in [2.05, 4.69) is 18.9 Å². The van der Waals surface area contributed by atoms with Crippen molar-refractivity contribution in [2.75, 3.05) is 26.8 Å². The van der Waals surface area contributed by atoms with Crippen LogP contribution >= 0.6 is 0 Å². The van der Waals surface area contributed by atoms with Crippen LogP contribution in [0, 0.1) is 11.8 Å². The van der Waals surface area contributed by atoms with Crippen molar-refractivity contribution in [3.63, 3.8) is 0 Å². The molecule has 2 aromatic carbocycles. The van der Waals surface area contributed by atoms with Crippen molar-refractivity contribution in [1.82, 2.24) is 14.7 Å². The van der Waals surface area contributed by atoms with Gasteiger partial charge in [0.15, 0.2) is 5.69 Å². The Bertz CT molecular complexity index is 1140. The maximum absolute atomic E-state index is 13.1. The van der Waals surface area contributed by atoms with Crippen molar-refractivity contribution in [3.05, 3.63) is 65.9 Å². The van der Waals surface area contributed by atoms with Crippen molar-refractivity contribution in [3.8, 4) is 22.7 Å². The van der Waals surface area contributed by atoms with Gasteiger partial charge >= 0.3 is 5.97 Å². The quantitative estimate of drug-likeness (QED) is 0.491. The highest BCUT2D eigenvalue weighted by Crippen LogP contribution is 2.27. The lowest BCUT2D eigenvalue weighted by Gasteiger charge is -2.35. The van der Waals surface area contributed by atoms with Gasteiger partial charge in [-0.2, -0.15) is 5.10 Å². The van der Waals surface area contributed by atoms with Crippen molar-refractivity contribution < 1.29 is 19.1 Å². The highest BCUT2D eigenvalue weighted by molar-refractivity contribution is 5.94. The molecule has 4 rings (SSSR count). The molecular weight excluding hydrogens is 430 g/mol. The van der Waals surface area contributed by atoms with Gasteiger partial charge in [-0.05, 0) is 79.8 Å². The van der Waals surface area contributed by atoms with Crippen LogP contribution in [-0.2, 0) is 4.74 Å². The van der Waals surface area contributed by atoms with Crippen molar-refractivity contribution in [1.29, 1.82) is 0 Å². The first kappa shape index (κ1) is 23.5. The fourth-order valence-electron chi connectivity index (χ4n) is 4.61. The smallest absolute Gasteiger partial charge is 0.358 e. The van der Waals surface area contributed by atoms with E-state index in [-0.39, 0.29) is 18.2 Å². The van der Waals surface area contributed by atoms with E-state index in [1.165, 1.54) is 0 Å². The molecule has 178 valence electrons. The number of methoxy groups -OCH3 is 1. The first-order chi connectivity index (χ1) is 16.4. The Morgan fingerprint density at radius 3 is 2.24 bits per heavy atom. The molecule has 0 radical (unpaired) electrons. The largest absolute Gasteiger partial charge is 0.497 e. The zero-order valence-corrected chi connectivity index (χ0v) is 20.2. The van der Waals surface area contributed by atoms with E-state index in [1.54, 1.807) is 24.8 Å². The summed E-state index contributed by atoms with van der Waals surface area (Å²) in [5, 5.41) is 4.52. The minimum atomic E-state index is -0.476. The van der Waals surface area contributed by atoms with Crippen LogP contribution in [0.1, 0.15) is 48.0 Å². The highest BCUT2D eigenvalue weighted by atomic mass is 16.5. The minimum absolute atomic E-state index is 0.0491. The van der Waals surface area contributed by atoms with Crippen LogP contribution < -0.4 is 4.74 Å². The molecule has 7 nitrogen and oxygen atoms in total. The predicted octanol–water partition coefficient (Wildman–Crippen LogP) is 4.84. The van der Waals surface area contributed by atoms with Gasteiger partial charge in [-0.3, -0.25) is 4.79 Å². The Kier molecular flexibility index (Phi) is 7.01. The predicted molar refractivity (Wildman–Crippen MR) is 130 cm³/mol. The van der Waals surface area contributed by atoms with Gasteiger partial charge in [-0.25, -0.2) is 9.48 Å². The van der Waals surface area contributed by atoms with E-state index in [9.17, 15) is 9.59 Å². The summed E-state index contributed by atoms with van der Waals surface area (Å²) in [4.78, 5) is 27.4. The molecule has 0 saturated carbocycles. The second kappa shape index (κ2) is 10.1. The Morgan fingerprint density at radius 2 is 1.65 bits per heavy atom. The lowest BCUT2D eigenvalue weighted by Crippen LogP contribution is -2.42. The molecule has 1 saturated heterocycles. The molecule has 34 heavy (non-hydrogen) atoms. The second-order valence-electron chi connectivity index (χ2n) is 8.98. The van der Waals surface area contributed by atoms with Gasteiger partial charge in [0.1, 0.15) is 5.75 Å². The Labute approximate surface area is 200 Å². The van der Waals surface area contributed by atoms with Crippen LogP contribution in [0.2, 0.25) is 0 Å². The topological polar surface area (TPSA) is 73.7 Å². The summed E-state index contributed by atoms with van der Waals surface area (Å²) in [6, 6.07) is 16.6. The zero-order chi connectivity index (χ0) is 24.2. The number of nitrogens with zero attached hydrogens (tertiary/aromatic N) is 3. The van der Waals surface area contributed by atoms with Gasteiger partial charge in [-0.1, -0.05) is 13.8 Å². The summed E-state index contributed by atoms with van der Waals surface area (Å²) in [5.41, 5.74) is 3.24. The summed E-state index contributed by atoms with van der Waals surface area (Å²) in [5.74, 6) is 1.32. The SMILES string of the molecule is CCOC(=O)c1cc(-c2ccc(OC)cc2)n(-c2ccc(C(=O)N3CC(C)CC(C)C3)cc2)n1. The molecule has 1 fully saturated rings. The molecule has 1 aliphatic heterocycles. The van der Waals surface area contributed by atoms with Crippen LogP contribution in [0.5, 0.6) is 5.75 Å². The Balaban J connectivity index is 1.66. The van der Waals surface area contributed by atoms with Gasteiger partial charge in [0.05, 0.1) is 25.1 Å². The summed E-state index contributed by atoms with van der Waals surface area (Å²) in [6.07, 6.45) is 1.15. The first-order valence-electron chi connectivity index (χ1n) is 11.7. The average molecular weight is 462 g/mol. The number of rotatable bonds is 6. The molecule has 0 spiro atoms. The number of hydrogen-bond donors (Lipinski definition) is 0. The third-order valence-corrected chi connectivity index (χ3v) is 6.09. The number of carbonyl (C=O) groups excluding carboxylic acids is 2. The number of benzene rings is 2. The number of likely N-dealkylation sites (tertiary alicyclic amines) is 1. The molecule has 0 bridgehead atoms. The molecule has 3 aromatic rings. The van der Waals surface area contributed by atoms with Crippen LogP contribution in [-0.4, -0.2) is 53.4 Å². The van der Waals surface area contributed by atoms with E-state index in [0.29, 0.717) is 17.4 Å². The lowest BCUT2D eigenvalue weighted by atomic mass is 9.91. The molecular formula is C27H31N3O4. The second-order valence-corrected chi connectivity index (χ2v) is 8.98. The van der Waals surface area contributed by atoms with Crippen LogP contribution in [0.3, 0.4) is 0 Å². The summed E-state index contributed by atoms with van der Waals surface area (Å²) < 4.78 is 12.1.